The summed E-state index contributed by atoms with van der Waals surface area (Å²) < 4.78 is 0. The lowest BCUT2D eigenvalue weighted by Crippen LogP contribution is -2.43. The first-order valence-corrected chi connectivity index (χ1v) is 9.38. The van der Waals surface area contributed by atoms with Crippen LogP contribution in [0.4, 0.5) is 11.4 Å². The van der Waals surface area contributed by atoms with E-state index in [4.69, 9.17) is 11.0 Å². The van der Waals surface area contributed by atoms with Gasteiger partial charge in [-0.25, -0.2) is 0 Å². The average Bonchev–Trinajstić information content (AvgIpc) is 2.93. The minimum Gasteiger partial charge on any atom is -0.368 e. The van der Waals surface area contributed by atoms with Gasteiger partial charge in [0.15, 0.2) is 0 Å². The predicted molar refractivity (Wildman–Crippen MR) is 104 cm³/mol. The van der Waals surface area contributed by atoms with Crippen molar-refractivity contribution in [1.82, 2.24) is 4.98 Å². The lowest BCUT2D eigenvalue weighted by molar-refractivity contribution is -0.119. The number of fused-ring (bicyclic) bond motifs is 1. The maximum absolute atomic E-state index is 13.0. The summed E-state index contributed by atoms with van der Waals surface area (Å²) in [5, 5.41) is 8.98. The average molecular weight is 361 g/mol. The van der Waals surface area contributed by atoms with Crippen molar-refractivity contribution < 1.29 is 4.79 Å². The first-order valence-electron chi connectivity index (χ1n) is 9.38. The molecule has 27 heavy (non-hydrogen) atoms. The lowest BCUT2D eigenvalue weighted by atomic mass is 10.0. The Bertz CT molecular complexity index is 902. The summed E-state index contributed by atoms with van der Waals surface area (Å²) >= 11 is 0. The Hall–Kier alpha value is -2.91. The summed E-state index contributed by atoms with van der Waals surface area (Å²) in [6.07, 6.45) is 3.88. The van der Waals surface area contributed by atoms with Crippen LogP contribution in [-0.2, 0) is 11.3 Å². The Morgan fingerprint density at radius 3 is 2.78 bits per heavy atom. The quantitative estimate of drug-likeness (QED) is 0.908. The Kier molecular flexibility index (Phi) is 4.54. The van der Waals surface area contributed by atoms with E-state index >= 15 is 0 Å². The number of hydrogen-bond acceptors (Lipinski definition) is 5. The van der Waals surface area contributed by atoms with Crippen LogP contribution < -0.4 is 15.5 Å². The predicted octanol–water partition coefficient (Wildman–Crippen LogP) is 2.53. The fourth-order valence-corrected chi connectivity index (χ4v) is 4.02. The molecular weight excluding hydrogens is 338 g/mol. The standard InChI is InChI=1S/C21H23N5O/c1-14-19-20(18(8-9-24-19)25-10-2-3-17(23)13-25)26(21(14)27)12-16-6-4-15(11-22)5-7-16/h4-9,14,17H,2-3,10,12-13,23H2,1H3/t14-,17?/m1/s1. The van der Waals surface area contributed by atoms with E-state index in [0.29, 0.717) is 12.1 Å². The molecule has 2 atom stereocenters. The largest absolute Gasteiger partial charge is 0.368 e. The molecule has 1 aromatic heterocycles. The number of aromatic nitrogens is 1. The van der Waals surface area contributed by atoms with E-state index < -0.39 is 0 Å². The molecule has 1 unspecified atom stereocenters. The molecule has 2 aliphatic heterocycles. The van der Waals surface area contributed by atoms with Crippen molar-refractivity contribution in [2.75, 3.05) is 22.9 Å². The molecule has 0 bridgehead atoms. The Labute approximate surface area is 159 Å². The van der Waals surface area contributed by atoms with Gasteiger partial charge in [0.1, 0.15) is 0 Å². The van der Waals surface area contributed by atoms with Crippen molar-refractivity contribution >= 4 is 17.3 Å². The number of piperidine rings is 1. The van der Waals surface area contributed by atoms with Crippen LogP contribution in [0.15, 0.2) is 36.5 Å². The van der Waals surface area contributed by atoms with Gasteiger partial charge in [-0.3, -0.25) is 9.78 Å². The number of amides is 1. The van der Waals surface area contributed by atoms with E-state index in [2.05, 4.69) is 16.0 Å². The van der Waals surface area contributed by atoms with E-state index in [1.54, 1.807) is 18.3 Å². The molecule has 0 spiro atoms. The van der Waals surface area contributed by atoms with Gasteiger partial charge < -0.3 is 15.5 Å². The number of nitrogens with zero attached hydrogens (tertiary/aromatic N) is 4. The summed E-state index contributed by atoms with van der Waals surface area (Å²) in [5.41, 5.74) is 10.6. The number of pyridine rings is 1. The van der Waals surface area contributed by atoms with E-state index in [1.165, 1.54) is 0 Å². The monoisotopic (exact) mass is 361 g/mol. The lowest BCUT2D eigenvalue weighted by Gasteiger charge is -2.35. The van der Waals surface area contributed by atoms with Gasteiger partial charge in [-0.05, 0) is 43.5 Å². The molecule has 2 N–H and O–H groups in total. The Balaban J connectivity index is 1.71. The number of nitrogens with two attached hydrogens (primary N) is 1. The molecule has 0 radical (unpaired) electrons. The highest BCUT2D eigenvalue weighted by Crippen LogP contribution is 2.43. The van der Waals surface area contributed by atoms with E-state index in [1.807, 2.05) is 30.0 Å². The Morgan fingerprint density at radius 2 is 2.07 bits per heavy atom. The molecule has 0 saturated carbocycles. The van der Waals surface area contributed by atoms with Crippen molar-refractivity contribution in [3.8, 4) is 6.07 Å². The van der Waals surface area contributed by atoms with Crippen molar-refractivity contribution in [2.24, 2.45) is 5.73 Å². The van der Waals surface area contributed by atoms with Crippen LogP contribution in [0, 0.1) is 11.3 Å². The van der Waals surface area contributed by atoms with Gasteiger partial charge in [0, 0.05) is 25.3 Å². The van der Waals surface area contributed by atoms with Gasteiger partial charge in [0.2, 0.25) is 5.91 Å². The summed E-state index contributed by atoms with van der Waals surface area (Å²) in [6, 6.07) is 11.7. The third-order valence-corrected chi connectivity index (χ3v) is 5.47. The summed E-state index contributed by atoms with van der Waals surface area (Å²) in [6.45, 7) is 4.13. The summed E-state index contributed by atoms with van der Waals surface area (Å²) in [4.78, 5) is 21.6. The minimum atomic E-state index is -0.253. The molecule has 2 aromatic rings. The number of benzene rings is 1. The first-order chi connectivity index (χ1) is 13.1. The SMILES string of the molecule is C[C@H]1C(=O)N(Cc2ccc(C#N)cc2)c2c(N3CCCC(N)C3)ccnc21. The van der Waals surface area contributed by atoms with Gasteiger partial charge in [0.25, 0.3) is 0 Å². The molecule has 4 rings (SSSR count). The fourth-order valence-electron chi connectivity index (χ4n) is 4.02. The zero-order valence-corrected chi connectivity index (χ0v) is 15.4. The molecule has 1 saturated heterocycles. The molecule has 6 nitrogen and oxygen atoms in total. The number of anilines is 2. The van der Waals surface area contributed by atoms with E-state index in [-0.39, 0.29) is 17.9 Å². The van der Waals surface area contributed by atoms with E-state index in [0.717, 1.165) is 48.6 Å². The third-order valence-electron chi connectivity index (χ3n) is 5.47. The molecule has 1 amide bonds. The summed E-state index contributed by atoms with van der Waals surface area (Å²) in [7, 11) is 0. The smallest absolute Gasteiger partial charge is 0.236 e. The summed E-state index contributed by atoms with van der Waals surface area (Å²) in [5.74, 6) is -0.188. The molecule has 138 valence electrons. The van der Waals surface area contributed by atoms with Crippen LogP contribution in [0.3, 0.4) is 0 Å². The topological polar surface area (TPSA) is 86.2 Å². The molecule has 3 heterocycles. The van der Waals surface area contributed by atoms with Gasteiger partial charge in [0.05, 0.1) is 41.2 Å². The van der Waals surface area contributed by atoms with E-state index in [9.17, 15) is 4.79 Å². The second kappa shape index (κ2) is 7.01. The van der Waals surface area contributed by atoms with Crippen LogP contribution in [-0.4, -0.2) is 30.0 Å². The molecule has 0 aliphatic carbocycles. The molecule has 1 aromatic carbocycles. The molecule has 2 aliphatic rings. The highest BCUT2D eigenvalue weighted by atomic mass is 16.2. The highest BCUT2D eigenvalue weighted by molar-refractivity contribution is 6.07. The van der Waals surface area contributed by atoms with Crippen molar-refractivity contribution in [1.29, 1.82) is 5.26 Å². The third kappa shape index (κ3) is 3.15. The van der Waals surface area contributed by atoms with Crippen LogP contribution >= 0.6 is 0 Å². The highest BCUT2D eigenvalue weighted by Gasteiger charge is 2.38. The maximum Gasteiger partial charge on any atom is 0.236 e. The van der Waals surface area contributed by atoms with Gasteiger partial charge in [-0.2, -0.15) is 5.26 Å². The normalized spacial score (nSPS) is 21.9. The van der Waals surface area contributed by atoms with Crippen molar-refractivity contribution in [3.05, 3.63) is 53.3 Å². The van der Waals surface area contributed by atoms with Gasteiger partial charge >= 0.3 is 0 Å². The fraction of sp³-hybridized carbons (Fsp3) is 0.381. The zero-order valence-electron chi connectivity index (χ0n) is 15.4. The molecule has 1 fully saturated rings. The number of carbonyl (C=O) groups excluding carboxylic acids is 1. The van der Waals surface area contributed by atoms with Gasteiger partial charge in [-0.15, -0.1) is 0 Å². The Morgan fingerprint density at radius 1 is 1.30 bits per heavy atom. The molecular formula is C21H23N5O. The van der Waals surface area contributed by atoms with Gasteiger partial charge in [-0.1, -0.05) is 12.1 Å². The van der Waals surface area contributed by atoms with Crippen LogP contribution in [0.1, 0.15) is 42.5 Å². The second-order valence-electron chi connectivity index (χ2n) is 7.37. The number of carbonyl (C=O) groups is 1. The minimum absolute atomic E-state index is 0.0654. The first kappa shape index (κ1) is 17.5. The number of nitriles is 1. The zero-order chi connectivity index (χ0) is 19.0. The van der Waals surface area contributed by atoms with Crippen LogP contribution in [0.2, 0.25) is 0 Å². The van der Waals surface area contributed by atoms with Crippen molar-refractivity contribution in [3.63, 3.8) is 0 Å². The van der Waals surface area contributed by atoms with Crippen LogP contribution in [0.25, 0.3) is 0 Å². The molecule has 6 heteroatoms. The van der Waals surface area contributed by atoms with Crippen LogP contribution in [0.5, 0.6) is 0 Å². The number of hydrogen-bond donors (Lipinski definition) is 1. The maximum atomic E-state index is 13.0. The second-order valence-corrected chi connectivity index (χ2v) is 7.37. The number of rotatable bonds is 3. The van der Waals surface area contributed by atoms with Crippen molar-refractivity contribution in [2.45, 2.75) is 38.3 Å².